The van der Waals surface area contributed by atoms with Crippen LogP contribution in [0.1, 0.15) is 21.5 Å². The van der Waals surface area contributed by atoms with Crippen LogP contribution in [0.4, 0.5) is 4.39 Å². The van der Waals surface area contributed by atoms with Gasteiger partial charge >= 0.3 is 0 Å². The van der Waals surface area contributed by atoms with Gasteiger partial charge in [-0.15, -0.1) is 0 Å². The fourth-order valence-corrected chi connectivity index (χ4v) is 3.56. The molecule has 2 aromatic rings. The Labute approximate surface area is 134 Å². The molecule has 22 heavy (non-hydrogen) atoms. The van der Waals surface area contributed by atoms with Crippen molar-refractivity contribution in [3.8, 4) is 0 Å². The van der Waals surface area contributed by atoms with E-state index < -0.39 is 5.82 Å². The molecular formula is C18H18FNOS. The molecular weight excluding hydrogens is 297 g/mol. The van der Waals surface area contributed by atoms with Crippen molar-refractivity contribution in [2.45, 2.75) is 6.54 Å². The Morgan fingerprint density at radius 3 is 2.41 bits per heavy atom. The second-order valence-corrected chi connectivity index (χ2v) is 6.62. The number of rotatable bonds is 4. The van der Waals surface area contributed by atoms with Crippen molar-refractivity contribution in [3.63, 3.8) is 0 Å². The van der Waals surface area contributed by atoms with Crippen LogP contribution < -0.4 is 0 Å². The Hall–Kier alpha value is -1.65. The van der Waals surface area contributed by atoms with Crippen LogP contribution in [0.15, 0.2) is 48.5 Å². The summed E-state index contributed by atoms with van der Waals surface area (Å²) in [4.78, 5) is 14.7. The van der Waals surface area contributed by atoms with E-state index in [9.17, 15) is 9.18 Å². The van der Waals surface area contributed by atoms with E-state index in [0.717, 1.165) is 19.6 Å². The summed E-state index contributed by atoms with van der Waals surface area (Å²) in [5.74, 6) is 1.63. The number of benzene rings is 2. The van der Waals surface area contributed by atoms with Crippen LogP contribution in [-0.4, -0.2) is 35.3 Å². The first kappa shape index (κ1) is 15.3. The molecule has 0 spiro atoms. The van der Waals surface area contributed by atoms with Crippen LogP contribution in [0.5, 0.6) is 0 Å². The highest BCUT2D eigenvalue weighted by atomic mass is 32.2. The second kappa shape index (κ2) is 7.07. The third kappa shape index (κ3) is 3.57. The lowest BCUT2D eigenvalue weighted by Crippen LogP contribution is -2.31. The van der Waals surface area contributed by atoms with Crippen LogP contribution in [0, 0.1) is 5.82 Å². The first-order valence-corrected chi connectivity index (χ1v) is 8.58. The Kier molecular flexibility index (Phi) is 4.90. The molecule has 4 heteroatoms. The topological polar surface area (TPSA) is 20.3 Å². The zero-order chi connectivity index (χ0) is 15.4. The van der Waals surface area contributed by atoms with Gasteiger partial charge in [0.1, 0.15) is 5.82 Å². The lowest BCUT2D eigenvalue weighted by molar-refractivity contribution is 0.103. The number of carbonyl (C=O) groups is 1. The van der Waals surface area contributed by atoms with Gasteiger partial charge in [0.05, 0.1) is 5.56 Å². The third-order valence-corrected chi connectivity index (χ3v) is 4.79. The van der Waals surface area contributed by atoms with Gasteiger partial charge in [-0.2, -0.15) is 11.8 Å². The van der Waals surface area contributed by atoms with E-state index in [4.69, 9.17) is 0 Å². The largest absolute Gasteiger partial charge is 0.297 e. The van der Waals surface area contributed by atoms with Crippen molar-refractivity contribution >= 4 is 17.5 Å². The van der Waals surface area contributed by atoms with Gasteiger partial charge in [-0.3, -0.25) is 9.69 Å². The summed E-state index contributed by atoms with van der Waals surface area (Å²) in [6, 6.07) is 13.6. The van der Waals surface area contributed by atoms with E-state index in [2.05, 4.69) is 4.90 Å². The average molecular weight is 315 g/mol. The molecule has 2 nitrogen and oxygen atoms in total. The highest BCUT2D eigenvalue weighted by Crippen LogP contribution is 2.16. The van der Waals surface area contributed by atoms with Crippen molar-refractivity contribution < 1.29 is 9.18 Å². The van der Waals surface area contributed by atoms with E-state index in [1.54, 1.807) is 24.3 Å². The molecule has 0 aromatic heterocycles. The maximum Gasteiger partial charge on any atom is 0.195 e. The van der Waals surface area contributed by atoms with Gasteiger partial charge in [0.25, 0.3) is 0 Å². The van der Waals surface area contributed by atoms with Gasteiger partial charge in [0, 0.05) is 36.7 Å². The van der Waals surface area contributed by atoms with E-state index >= 15 is 0 Å². The maximum atomic E-state index is 13.7. The fraction of sp³-hybridized carbons (Fsp3) is 0.278. The Bertz CT molecular complexity index is 650. The van der Waals surface area contributed by atoms with Gasteiger partial charge in [-0.1, -0.05) is 36.4 Å². The molecule has 2 aromatic carbocycles. The molecule has 0 atom stereocenters. The van der Waals surface area contributed by atoms with Crippen LogP contribution in [-0.2, 0) is 6.54 Å². The normalized spacial score (nSPS) is 15.7. The minimum atomic E-state index is -0.470. The molecule has 0 saturated carbocycles. The molecule has 1 aliphatic rings. The number of hydrogen-bond donors (Lipinski definition) is 0. The predicted octanol–water partition coefficient (Wildman–Crippen LogP) is 3.61. The molecule has 1 heterocycles. The summed E-state index contributed by atoms with van der Waals surface area (Å²) in [6.45, 7) is 3.13. The number of hydrogen-bond acceptors (Lipinski definition) is 3. The third-order valence-electron chi connectivity index (χ3n) is 3.84. The molecule has 1 saturated heterocycles. The Balaban J connectivity index is 1.71. The predicted molar refractivity (Wildman–Crippen MR) is 88.9 cm³/mol. The first-order valence-electron chi connectivity index (χ1n) is 7.42. The molecule has 0 amide bonds. The van der Waals surface area contributed by atoms with Gasteiger partial charge in [-0.05, 0) is 17.7 Å². The van der Waals surface area contributed by atoms with Crippen LogP contribution in [0.25, 0.3) is 0 Å². The number of halogens is 1. The molecule has 0 N–H and O–H groups in total. The van der Waals surface area contributed by atoms with Crippen LogP contribution in [0.3, 0.4) is 0 Å². The highest BCUT2D eigenvalue weighted by Gasteiger charge is 2.14. The van der Waals surface area contributed by atoms with Crippen LogP contribution in [0.2, 0.25) is 0 Å². The number of ketones is 1. The lowest BCUT2D eigenvalue weighted by atomic mass is 10.0. The summed E-state index contributed by atoms with van der Waals surface area (Å²) in [5, 5.41) is 0. The molecule has 3 rings (SSSR count). The maximum absolute atomic E-state index is 13.7. The van der Waals surface area contributed by atoms with Crippen molar-refractivity contribution in [1.82, 2.24) is 4.90 Å². The second-order valence-electron chi connectivity index (χ2n) is 5.39. The highest BCUT2D eigenvalue weighted by molar-refractivity contribution is 7.99. The molecule has 1 aliphatic heterocycles. The molecule has 114 valence electrons. The molecule has 0 unspecified atom stereocenters. The van der Waals surface area contributed by atoms with Crippen LogP contribution >= 0.6 is 11.8 Å². The quantitative estimate of drug-likeness (QED) is 0.804. The minimum absolute atomic E-state index is 0.128. The van der Waals surface area contributed by atoms with Crippen molar-refractivity contribution in [3.05, 3.63) is 71.0 Å². The van der Waals surface area contributed by atoms with E-state index in [0.29, 0.717) is 5.56 Å². The zero-order valence-corrected chi connectivity index (χ0v) is 13.1. The Morgan fingerprint density at radius 1 is 1.05 bits per heavy atom. The summed E-state index contributed by atoms with van der Waals surface area (Å²) < 4.78 is 13.7. The number of carbonyl (C=O) groups excluding carboxylic acids is 1. The fourth-order valence-electron chi connectivity index (χ4n) is 2.58. The molecule has 0 aliphatic carbocycles. The average Bonchev–Trinajstić information content (AvgIpc) is 2.56. The summed E-state index contributed by atoms with van der Waals surface area (Å²) in [5.41, 5.74) is 1.85. The smallest absolute Gasteiger partial charge is 0.195 e. The van der Waals surface area contributed by atoms with E-state index in [-0.39, 0.29) is 11.3 Å². The van der Waals surface area contributed by atoms with Gasteiger partial charge < -0.3 is 0 Å². The molecule has 0 radical (unpaired) electrons. The first-order chi connectivity index (χ1) is 10.7. The van der Waals surface area contributed by atoms with Gasteiger partial charge in [0.15, 0.2) is 5.78 Å². The van der Waals surface area contributed by atoms with Gasteiger partial charge in [-0.25, -0.2) is 4.39 Å². The lowest BCUT2D eigenvalue weighted by Gasteiger charge is -2.26. The molecule has 0 bridgehead atoms. The summed E-state index contributed by atoms with van der Waals surface area (Å²) >= 11 is 1.99. The number of thioether (sulfide) groups is 1. The van der Waals surface area contributed by atoms with Gasteiger partial charge in [0.2, 0.25) is 0 Å². The van der Waals surface area contributed by atoms with E-state index in [1.165, 1.54) is 29.2 Å². The van der Waals surface area contributed by atoms with Crippen molar-refractivity contribution in [2.75, 3.05) is 24.6 Å². The van der Waals surface area contributed by atoms with Crippen molar-refractivity contribution in [1.29, 1.82) is 0 Å². The minimum Gasteiger partial charge on any atom is -0.297 e. The van der Waals surface area contributed by atoms with Crippen molar-refractivity contribution in [2.24, 2.45) is 0 Å². The zero-order valence-electron chi connectivity index (χ0n) is 12.3. The van der Waals surface area contributed by atoms with E-state index in [1.807, 2.05) is 23.9 Å². The standard InChI is InChI=1S/C18H18FNOS/c19-17-4-2-1-3-16(17)18(21)15-7-5-14(6-8-15)13-20-9-11-22-12-10-20/h1-8H,9-13H2. The summed E-state index contributed by atoms with van der Waals surface area (Å²) in [6.07, 6.45) is 0. The summed E-state index contributed by atoms with van der Waals surface area (Å²) in [7, 11) is 0. The Morgan fingerprint density at radius 2 is 1.73 bits per heavy atom. The monoisotopic (exact) mass is 315 g/mol. The SMILES string of the molecule is O=C(c1ccc(CN2CCSCC2)cc1)c1ccccc1F. The number of nitrogens with zero attached hydrogens (tertiary/aromatic N) is 1. The molecule has 1 fully saturated rings.